The first-order valence-corrected chi connectivity index (χ1v) is 6.77. The van der Waals surface area contributed by atoms with E-state index in [-0.39, 0.29) is 5.69 Å². The van der Waals surface area contributed by atoms with Crippen LogP contribution in [0.4, 0.5) is 5.82 Å². The van der Waals surface area contributed by atoms with Gasteiger partial charge in [-0.25, -0.2) is 9.89 Å². The lowest BCUT2D eigenvalue weighted by Crippen LogP contribution is -2.27. The standard InChI is InChI=1S/C10H13N5OS/c16-10-13-12-9-4-3-8(14-15(9)10)11-7-2-1-5-17-6-7/h3-4,7H,1-2,5-6H2,(H,11,14)(H,13,16). The van der Waals surface area contributed by atoms with Crippen molar-refractivity contribution in [3.63, 3.8) is 0 Å². The van der Waals surface area contributed by atoms with Gasteiger partial charge in [0.05, 0.1) is 0 Å². The molecular formula is C10H13N5OS. The summed E-state index contributed by atoms with van der Waals surface area (Å²) in [6, 6.07) is 4.08. The van der Waals surface area contributed by atoms with Crippen LogP contribution in [-0.2, 0) is 0 Å². The smallest absolute Gasteiger partial charge is 0.364 e. The lowest BCUT2D eigenvalue weighted by Gasteiger charge is -2.22. The second-order valence-electron chi connectivity index (χ2n) is 4.08. The molecule has 0 radical (unpaired) electrons. The number of hydrogen-bond donors (Lipinski definition) is 2. The van der Waals surface area contributed by atoms with Crippen molar-refractivity contribution in [2.24, 2.45) is 0 Å². The summed E-state index contributed by atoms with van der Waals surface area (Å²) >= 11 is 1.95. The molecule has 1 atom stereocenters. The molecule has 7 heteroatoms. The highest BCUT2D eigenvalue weighted by molar-refractivity contribution is 7.99. The zero-order valence-corrected chi connectivity index (χ0v) is 10.0. The number of nitrogens with one attached hydrogen (secondary N) is 2. The van der Waals surface area contributed by atoms with Gasteiger partial charge in [0.1, 0.15) is 5.82 Å². The van der Waals surface area contributed by atoms with Crippen molar-refractivity contribution in [1.29, 1.82) is 0 Å². The van der Waals surface area contributed by atoms with E-state index in [4.69, 9.17) is 0 Å². The first kappa shape index (κ1) is 10.6. The van der Waals surface area contributed by atoms with Crippen LogP contribution < -0.4 is 11.0 Å². The summed E-state index contributed by atoms with van der Waals surface area (Å²) in [5.74, 6) is 3.07. The first-order chi connectivity index (χ1) is 8.33. The van der Waals surface area contributed by atoms with Crippen LogP contribution in [0, 0.1) is 0 Å². The Labute approximate surface area is 102 Å². The minimum Gasteiger partial charge on any atom is -0.365 e. The van der Waals surface area contributed by atoms with Gasteiger partial charge in [0.25, 0.3) is 0 Å². The number of aromatic nitrogens is 4. The van der Waals surface area contributed by atoms with Crippen LogP contribution in [0.3, 0.4) is 0 Å². The molecule has 2 aromatic rings. The highest BCUT2D eigenvalue weighted by atomic mass is 32.2. The summed E-state index contributed by atoms with van der Waals surface area (Å²) in [4.78, 5) is 11.4. The molecule has 2 N–H and O–H groups in total. The Kier molecular flexibility index (Phi) is 2.76. The Bertz CT molecular complexity index is 571. The molecule has 0 aliphatic carbocycles. The van der Waals surface area contributed by atoms with E-state index in [1.165, 1.54) is 16.7 Å². The van der Waals surface area contributed by atoms with Gasteiger partial charge >= 0.3 is 5.69 Å². The Morgan fingerprint density at radius 2 is 2.47 bits per heavy atom. The molecule has 6 nitrogen and oxygen atoms in total. The topological polar surface area (TPSA) is 75.1 Å². The highest BCUT2D eigenvalue weighted by Gasteiger charge is 2.14. The third-order valence-electron chi connectivity index (χ3n) is 2.79. The Morgan fingerprint density at radius 3 is 3.29 bits per heavy atom. The van der Waals surface area contributed by atoms with Gasteiger partial charge in [-0.3, -0.25) is 0 Å². The van der Waals surface area contributed by atoms with Crippen LogP contribution in [0.2, 0.25) is 0 Å². The van der Waals surface area contributed by atoms with Gasteiger partial charge < -0.3 is 5.32 Å². The van der Waals surface area contributed by atoms with Crippen LogP contribution >= 0.6 is 11.8 Å². The molecule has 0 bridgehead atoms. The van der Waals surface area contributed by atoms with E-state index in [2.05, 4.69) is 20.6 Å². The quantitative estimate of drug-likeness (QED) is 0.823. The molecule has 90 valence electrons. The number of aromatic amines is 1. The van der Waals surface area contributed by atoms with Gasteiger partial charge in [0, 0.05) is 11.8 Å². The van der Waals surface area contributed by atoms with Gasteiger partial charge in [0.2, 0.25) is 0 Å². The Balaban J connectivity index is 1.84. The number of nitrogens with zero attached hydrogens (tertiary/aromatic N) is 3. The number of H-pyrrole nitrogens is 1. The molecule has 1 unspecified atom stereocenters. The molecule has 3 rings (SSSR count). The molecule has 0 saturated carbocycles. The molecule has 1 saturated heterocycles. The monoisotopic (exact) mass is 251 g/mol. The summed E-state index contributed by atoms with van der Waals surface area (Å²) in [7, 11) is 0. The maximum Gasteiger partial charge on any atom is 0.364 e. The molecule has 1 aliphatic rings. The van der Waals surface area contributed by atoms with Crippen molar-refractivity contribution in [1.82, 2.24) is 19.8 Å². The van der Waals surface area contributed by atoms with Crippen molar-refractivity contribution < 1.29 is 0 Å². The van der Waals surface area contributed by atoms with Crippen LogP contribution in [0.5, 0.6) is 0 Å². The second-order valence-corrected chi connectivity index (χ2v) is 5.23. The zero-order valence-electron chi connectivity index (χ0n) is 9.22. The van der Waals surface area contributed by atoms with Gasteiger partial charge in [-0.2, -0.15) is 21.4 Å². The van der Waals surface area contributed by atoms with E-state index < -0.39 is 0 Å². The van der Waals surface area contributed by atoms with E-state index >= 15 is 0 Å². The molecule has 0 spiro atoms. The summed E-state index contributed by atoms with van der Waals surface area (Å²) in [6.07, 6.45) is 2.39. The van der Waals surface area contributed by atoms with Crippen LogP contribution in [0.25, 0.3) is 5.65 Å². The number of thioether (sulfide) groups is 1. The van der Waals surface area contributed by atoms with Crippen molar-refractivity contribution >= 4 is 23.2 Å². The largest absolute Gasteiger partial charge is 0.365 e. The van der Waals surface area contributed by atoms with E-state index in [9.17, 15) is 4.79 Å². The minimum absolute atomic E-state index is 0.304. The molecule has 1 fully saturated rings. The molecule has 0 amide bonds. The zero-order chi connectivity index (χ0) is 11.7. The number of rotatable bonds is 2. The van der Waals surface area contributed by atoms with Crippen LogP contribution in [-0.4, -0.2) is 37.4 Å². The SMILES string of the molecule is O=c1[nH]nc2ccc(NC3CCCSC3)nn12. The molecule has 2 aromatic heterocycles. The van der Waals surface area contributed by atoms with Crippen molar-refractivity contribution in [3.05, 3.63) is 22.6 Å². The van der Waals surface area contributed by atoms with Crippen molar-refractivity contribution in [2.75, 3.05) is 16.8 Å². The van der Waals surface area contributed by atoms with Crippen LogP contribution in [0.15, 0.2) is 16.9 Å². The normalized spacial score (nSPS) is 20.6. The fourth-order valence-electron chi connectivity index (χ4n) is 1.94. The lowest BCUT2D eigenvalue weighted by atomic mass is 10.2. The summed E-state index contributed by atoms with van der Waals surface area (Å²) < 4.78 is 1.28. The Morgan fingerprint density at radius 1 is 1.53 bits per heavy atom. The predicted molar refractivity (Wildman–Crippen MR) is 67.6 cm³/mol. The average Bonchev–Trinajstić information content (AvgIpc) is 2.73. The minimum atomic E-state index is -0.304. The molecule has 1 aliphatic heterocycles. The maximum atomic E-state index is 11.4. The van der Waals surface area contributed by atoms with Crippen molar-refractivity contribution in [2.45, 2.75) is 18.9 Å². The van der Waals surface area contributed by atoms with E-state index in [0.29, 0.717) is 11.7 Å². The van der Waals surface area contributed by atoms with E-state index in [1.807, 2.05) is 17.8 Å². The highest BCUT2D eigenvalue weighted by Crippen LogP contribution is 2.19. The van der Waals surface area contributed by atoms with E-state index in [0.717, 1.165) is 18.0 Å². The number of fused-ring (bicyclic) bond motifs is 1. The molecular weight excluding hydrogens is 238 g/mol. The van der Waals surface area contributed by atoms with Crippen LogP contribution in [0.1, 0.15) is 12.8 Å². The first-order valence-electron chi connectivity index (χ1n) is 5.62. The van der Waals surface area contributed by atoms with Crippen molar-refractivity contribution in [3.8, 4) is 0 Å². The van der Waals surface area contributed by atoms with Gasteiger partial charge in [0.15, 0.2) is 5.65 Å². The third kappa shape index (κ3) is 2.14. The molecule has 17 heavy (non-hydrogen) atoms. The number of anilines is 1. The number of hydrogen-bond acceptors (Lipinski definition) is 5. The van der Waals surface area contributed by atoms with E-state index in [1.54, 1.807) is 6.07 Å². The van der Waals surface area contributed by atoms with Gasteiger partial charge in [-0.1, -0.05) is 0 Å². The van der Waals surface area contributed by atoms with Gasteiger partial charge in [-0.15, -0.1) is 5.10 Å². The fraction of sp³-hybridized carbons (Fsp3) is 0.500. The van der Waals surface area contributed by atoms with Gasteiger partial charge in [-0.05, 0) is 30.7 Å². The third-order valence-corrected chi connectivity index (χ3v) is 4.00. The summed E-state index contributed by atoms with van der Waals surface area (Å²) in [5.41, 5.74) is 0.236. The maximum absolute atomic E-state index is 11.4. The summed E-state index contributed by atoms with van der Waals surface area (Å²) in [6.45, 7) is 0. The molecule has 3 heterocycles. The molecule has 0 aromatic carbocycles. The summed E-state index contributed by atoms with van der Waals surface area (Å²) in [5, 5.41) is 13.8. The predicted octanol–water partition coefficient (Wildman–Crippen LogP) is 0.725. The average molecular weight is 251 g/mol. The second kappa shape index (κ2) is 4.40. The fourth-order valence-corrected chi connectivity index (χ4v) is 3.02. The Hall–Kier alpha value is -1.50. The lowest BCUT2D eigenvalue weighted by molar-refractivity contribution is 0.678.